The van der Waals surface area contributed by atoms with Crippen LogP contribution >= 0.6 is 11.8 Å². The normalized spacial score (nSPS) is 12.2. The van der Waals surface area contributed by atoms with Gasteiger partial charge in [-0.1, -0.05) is 29.1 Å². The number of amides is 1. The molecule has 148 valence electrons. The molecule has 0 aliphatic heterocycles. The highest BCUT2D eigenvalue weighted by atomic mass is 32.2. The zero-order valence-electron chi connectivity index (χ0n) is 16.0. The van der Waals surface area contributed by atoms with Gasteiger partial charge < -0.3 is 9.26 Å². The Hall–Kier alpha value is -2.65. The SMILES string of the molecule is COCCCn1c(SC(C)C(=O)Nc2cc(C)no2)nc2ccccc2c1=O. The number of aryl methyl sites for hydroxylation is 1. The lowest BCUT2D eigenvalue weighted by molar-refractivity contribution is -0.115. The largest absolute Gasteiger partial charge is 0.385 e. The maximum atomic E-state index is 12.9. The van der Waals surface area contributed by atoms with Crippen LogP contribution in [0, 0.1) is 6.92 Å². The van der Waals surface area contributed by atoms with Crippen molar-refractivity contribution in [3.63, 3.8) is 0 Å². The molecule has 0 saturated heterocycles. The van der Waals surface area contributed by atoms with E-state index in [1.807, 2.05) is 12.1 Å². The van der Waals surface area contributed by atoms with E-state index in [1.165, 1.54) is 11.8 Å². The van der Waals surface area contributed by atoms with Gasteiger partial charge in [-0.15, -0.1) is 0 Å². The minimum atomic E-state index is -0.493. The Kier molecular flexibility index (Phi) is 6.48. The summed E-state index contributed by atoms with van der Waals surface area (Å²) >= 11 is 1.23. The van der Waals surface area contributed by atoms with Gasteiger partial charge in [0, 0.05) is 26.3 Å². The summed E-state index contributed by atoms with van der Waals surface area (Å²) in [6.07, 6.45) is 0.669. The van der Waals surface area contributed by atoms with Gasteiger partial charge >= 0.3 is 0 Å². The predicted octanol–water partition coefficient (Wildman–Crippen LogP) is 2.85. The number of para-hydroxylation sites is 1. The molecule has 0 spiro atoms. The van der Waals surface area contributed by atoms with E-state index in [-0.39, 0.29) is 11.5 Å². The van der Waals surface area contributed by atoms with E-state index in [1.54, 1.807) is 43.7 Å². The number of nitrogens with zero attached hydrogens (tertiary/aromatic N) is 3. The van der Waals surface area contributed by atoms with Crippen LogP contribution in [0.3, 0.4) is 0 Å². The Morgan fingerprint density at radius 2 is 2.18 bits per heavy atom. The first-order valence-electron chi connectivity index (χ1n) is 8.89. The maximum absolute atomic E-state index is 12.9. The number of ether oxygens (including phenoxy) is 1. The molecule has 1 N–H and O–H groups in total. The summed E-state index contributed by atoms with van der Waals surface area (Å²) in [5, 5.41) is 6.99. The molecule has 0 aliphatic rings. The smallest absolute Gasteiger partial charge is 0.262 e. The summed E-state index contributed by atoms with van der Waals surface area (Å²) in [6, 6.07) is 8.84. The number of hydrogen-bond donors (Lipinski definition) is 1. The number of thioether (sulfide) groups is 1. The van der Waals surface area contributed by atoms with E-state index in [0.29, 0.717) is 47.2 Å². The molecule has 3 aromatic rings. The van der Waals surface area contributed by atoms with Crippen molar-refractivity contribution >= 4 is 34.5 Å². The minimum absolute atomic E-state index is 0.123. The van der Waals surface area contributed by atoms with E-state index in [9.17, 15) is 9.59 Å². The lowest BCUT2D eigenvalue weighted by Gasteiger charge is -2.15. The number of benzene rings is 1. The van der Waals surface area contributed by atoms with Crippen LogP contribution in [0.5, 0.6) is 0 Å². The third-order valence-electron chi connectivity index (χ3n) is 4.08. The van der Waals surface area contributed by atoms with Gasteiger partial charge in [0.1, 0.15) is 0 Å². The lowest BCUT2D eigenvalue weighted by atomic mass is 10.2. The summed E-state index contributed by atoms with van der Waals surface area (Å²) in [4.78, 5) is 30.0. The van der Waals surface area contributed by atoms with Crippen LogP contribution in [-0.2, 0) is 16.1 Å². The van der Waals surface area contributed by atoms with Gasteiger partial charge in [-0.2, -0.15) is 0 Å². The fraction of sp³-hybridized carbons (Fsp3) is 0.368. The second-order valence-corrected chi connectivity index (χ2v) is 7.60. The molecule has 28 heavy (non-hydrogen) atoms. The van der Waals surface area contributed by atoms with Crippen LogP contribution in [-0.4, -0.2) is 39.6 Å². The van der Waals surface area contributed by atoms with Crippen molar-refractivity contribution in [3.8, 4) is 0 Å². The molecule has 0 fully saturated rings. The van der Waals surface area contributed by atoms with E-state index in [4.69, 9.17) is 9.26 Å². The molecule has 2 aromatic heterocycles. The molecule has 1 atom stereocenters. The van der Waals surface area contributed by atoms with Crippen LogP contribution in [0.15, 0.2) is 44.8 Å². The molecule has 2 heterocycles. The van der Waals surface area contributed by atoms with Gasteiger partial charge in [0.2, 0.25) is 11.8 Å². The summed E-state index contributed by atoms with van der Waals surface area (Å²) in [5.74, 6) is 0.0332. The van der Waals surface area contributed by atoms with Crippen LogP contribution in [0.4, 0.5) is 5.88 Å². The van der Waals surface area contributed by atoms with Gasteiger partial charge in [0.05, 0.1) is 21.8 Å². The highest BCUT2D eigenvalue weighted by molar-refractivity contribution is 8.00. The van der Waals surface area contributed by atoms with Crippen molar-refractivity contribution in [1.29, 1.82) is 0 Å². The molecule has 9 heteroatoms. The number of hydrogen-bond acceptors (Lipinski definition) is 7. The van der Waals surface area contributed by atoms with Gasteiger partial charge in [-0.25, -0.2) is 4.98 Å². The Morgan fingerprint density at radius 1 is 1.39 bits per heavy atom. The maximum Gasteiger partial charge on any atom is 0.262 e. The first-order chi connectivity index (χ1) is 13.5. The van der Waals surface area contributed by atoms with E-state index in [0.717, 1.165) is 0 Å². The molecule has 0 saturated carbocycles. The number of carbonyl (C=O) groups is 1. The van der Waals surface area contributed by atoms with Gasteiger partial charge in [0.25, 0.3) is 5.56 Å². The average Bonchev–Trinajstić information content (AvgIpc) is 3.09. The summed E-state index contributed by atoms with van der Waals surface area (Å²) < 4.78 is 11.7. The lowest BCUT2D eigenvalue weighted by Crippen LogP contribution is -2.27. The Balaban J connectivity index is 1.86. The fourth-order valence-corrected chi connectivity index (χ4v) is 3.59. The van der Waals surface area contributed by atoms with Crippen molar-refractivity contribution in [2.45, 2.75) is 37.2 Å². The molecular weight excluding hydrogens is 380 g/mol. The highest BCUT2D eigenvalue weighted by Crippen LogP contribution is 2.24. The number of nitrogens with one attached hydrogen (secondary N) is 1. The zero-order valence-corrected chi connectivity index (χ0v) is 16.8. The molecule has 3 rings (SSSR count). The monoisotopic (exact) mass is 402 g/mol. The summed E-state index contributed by atoms with van der Waals surface area (Å²) in [5.41, 5.74) is 1.16. The highest BCUT2D eigenvalue weighted by Gasteiger charge is 2.20. The van der Waals surface area contributed by atoms with E-state index in [2.05, 4.69) is 15.5 Å². The first kappa shape index (κ1) is 20.1. The van der Waals surface area contributed by atoms with Gasteiger partial charge in [0.15, 0.2) is 5.16 Å². The number of methoxy groups -OCH3 is 1. The van der Waals surface area contributed by atoms with Crippen molar-refractivity contribution < 1.29 is 14.1 Å². The Bertz CT molecular complexity index is 1030. The predicted molar refractivity (Wildman–Crippen MR) is 108 cm³/mol. The number of anilines is 1. The Morgan fingerprint density at radius 3 is 2.89 bits per heavy atom. The fourth-order valence-electron chi connectivity index (χ4n) is 2.66. The number of fused-ring (bicyclic) bond motifs is 1. The molecule has 0 aliphatic carbocycles. The molecule has 1 amide bonds. The third-order valence-corrected chi connectivity index (χ3v) is 5.17. The van der Waals surface area contributed by atoms with Crippen LogP contribution in [0.1, 0.15) is 19.0 Å². The second kappa shape index (κ2) is 9.03. The molecular formula is C19H22N4O4S. The topological polar surface area (TPSA) is 99.2 Å². The summed E-state index contributed by atoms with van der Waals surface area (Å²) in [6.45, 7) is 4.52. The van der Waals surface area contributed by atoms with Crippen LogP contribution in [0.25, 0.3) is 10.9 Å². The van der Waals surface area contributed by atoms with E-state index < -0.39 is 5.25 Å². The minimum Gasteiger partial charge on any atom is -0.385 e. The van der Waals surface area contributed by atoms with Crippen molar-refractivity contribution in [1.82, 2.24) is 14.7 Å². The molecule has 0 radical (unpaired) electrons. The summed E-state index contributed by atoms with van der Waals surface area (Å²) in [7, 11) is 1.62. The molecule has 8 nitrogen and oxygen atoms in total. The van der Waals surface area contributed by atoms with Crippen LogP contribution in [0.2, 0.25) is 0 Å². The van der Waals surface area contributed by atoms with Gasteiger partial charge in [-0.3, -0.25) is 19.5 Å². The molecule has 0 bridgehead atoms. The Labute approximate surface area is 166 Å². The number of rotatable bonds is 8. The average molecular weight is 402 g/mol. The van der Waals surface area contributed by atoms with Gasteiger partial charge in [-0.05, 0) is 32.4 Å². The van der Waals surface area contributed by atoms with E-state index >= 15 is 0 Å². The van der Waals surface area contributed by atoms with Crippen molar-refractivity contribution in [3.05, 3.63) is 46.4 Å². The van der Waals surface area contributed by atoms with Crippen LogP contribution < -0.4 is 10.9 Å². The number of carbonyl (C=O) groups excluding carboxylic acids is 1. The third kappa shape index (κ3) is 4.60. The molecule has 1 unspecified atom stereocenters. The first-order valence-corrected chi connectivity index (χ1v) is 9.77. The quantitative estimate of drug-likeness (QED) is 0.351. The molecule has 1 aromatic carbocycles. The van der Waals surface area contributed by atoms with Crippen molar-refractivity contribution in [2.75, 3.05) is 19.0 Å². The number of aromatic nitrogens is 3. The van der Waals surface area contributed by atoms with Crippen molar-refractivity contribution in [2.24, 2.45) is 0 Å². The second-order valence-electron chi connectivity index (χ2n) is 6.30. The zero-order chi connectivity index (χ0) is 20.1. The standard InChI is InChI=1S/C19H22N4O4S/c1-12-11-16(27-22-12)21-17(24)13(2)28-19-20-15-8-5-4-7-14(15)18(25)23(19)9-6-10-26-3/h4-5,7-8,11,13H,6,9-10H2,1-3H3,(H,21,24).